The molecule has 0 aromatic heterocycles. The van der Waals surface area contributed by atoms with Gasteiger partial charge in [-0.15, -0.1) is 0 Å². The first-order valence-electron chi connectivity index (χ1n) is 5.28. The van der Waals surface area contributed by atoms with E-state index in [-0.39, 0.29) is 17.7 Å². The predicted octanol–water partition coefficient (Wildman–Crippen LogP) is -0.0233. The van der Waals surface area contributed by atoms with Crippen LogP contribution >= 0.6 is 0 Å². The highest BCUT2D eigenvalue weighted by Gasteiger charge is 2.41. The molecule has 82 valence electrons. The first-order chi connectivity index (χ1) is 7.11. The third kappa shape index (κ3) is 1.62. The number of carbonyl (C=O) groups is 2. The third-order valence-electron chi connectivity index (χ3n) is 2.77. The molecule has 0 saturated carbocycles. The molecule has 0 aromatic carbocycles. The molecule has 0 aliphatic carbocycles. The lowest BCUT2D eigenvalue weighted by Gasteiger charge is -2.36. The SMILES string of the molecule is CC(C)C1C(=O)NC2=NCCCN2C1=O. The Labute approximate surface area is 88.5 Å². The van der Waals surface area contributed by atoms with Crippen molar-refractivity contribution in [1.29, 1.82) is 0 Å². The molecule has 0 aromatic rings. The van der Waals surface area contributed by atoms with Gasteiger partial charge in [0.05, 0.1) is 0 Å². The molecular weight excluding hydrogens is 194 g/mol. The Morgan fingerprint density at radius 1 is 1.47 bits per heavy atom. The average molecular weight is 209 g/mol. The molecule has 1 atom stereocenters. The number of aliphatic imine (C=N–C) groups is 1. The Kier molecular flexibility index (Phi) is 2.46. The Morgan fingerprint density at radius 3 is 2.87 bits per heavy atom. The largest absolute Gasteiger partial charge is 0.295 e. The monoisotopic (exact) mass is 209 g/mol. The van der Waals surface area contributed by atoms with Crippen molar-refractivity contribution in [1.82, 2.24) is 10.2 Å². The van der Waals surface area contributed by atoms with E-state index in [1.807, 2.05) is 13.8 Å². The summed E-state index contributed by atoms with van der Waals surface area (Å²) < 4.78 is 0. The van der Waals surface area contributed by atoms with Crippen molar-refractivity contribution in [3.63, 3.8) is 0 Å². The molecule has 1 N–H and O–H groups in total. The molecule has 2 aliphatic heterocycles. The number of nitrogens with one attached hydrogen (secondary N) is 1. The summed E-state index contributed by atoms with van der Waals surface area (Å²) in [5, 5.41) is 2.70. The number of amides is 2. The van der Waals surface area contributed by atoms with Crippen LogP contribution in [0.2, 0.25) is 0 Å². The van der Waals surface area contributed by atoms with Gasteiger partial charge in [-0.3, -0.25) is 24.8 Å². The van der Waals surface area contributed by atoms with Crippen LogP contribution in [0.4, 0.5) is 0 Å². The van der Waals surface area contributed by atoms with E-state index in [1.54, 1.807) is 4.90 Å². The van der Waals surface area contributed by atoms with Gasteiger partial charge in [-0.05, 0) is 12.3 Å². The van der Waals surface area contributed by atoms with Crippen molar-refractivity contribution in [2.45, 2.75) is 20.3 Å². The maximum Gasteiger partial charge on any atom is 0.242 e. The highest BCUT2D eigenvalue weighted by Crippen LogP contribution is 2.20. The molecular formula is C10H15N3O2. The molecule has 1 unspecified atom stereocenters. The van der Waals surface area contributed by atoms with Crippen LogP contribution in [0.15, 0.2) is 4.99 Å². The molecule has 5 nitrogen and oxygen atoms in total. The number of rotatable bonds is 1. The number of nitrogens with zero attached hydrogens (tertiary/aromatic N) is 2. The van der Waals surface area contributed by atoms with Crippen LogP contribution in [0.3, 0.4) is 0 Å². The van der Waals surface area contributed by atoms with Gasteiger partial charge in [-0.25, -0.2) is 0 Å². The first-order valence-corrected chi connectivity index (χ1v) is 5.28. The summed E-state index contributed by atoms with van der Waals surface area (Å²) >= 11 is 0. The summed E-state index contributed by atoms with van der Waals surface area (Å²) in [5.74, 6) is -0.407. The second-order valence-electron chi connectivity index (χ2n) is 4.26. The average Bonchev–Trinajstić information content (AvgIpc) is 2.17. The summed E-state index contributed by atoms with van der Waals surface area (Å²) in [4.78, 5) is 29.4. The summed E-state index contributed by atoms with van der Waals surface area (Å²) in [6.45, 7) is 5.12. The molecule has 2 aliphatic rings. The molecule has 0 spiro atoms. The number of hydrogen-bond acceptors (Lipinski definition) is 3. The van der Waals surface area contributed by atoms with Crippen LogP contribution in [-0.4, -0.2) is 35.8 Å². The Balaban J connectivity index is 2.28. The van der Waals surface area contributed by atoms with Gasteiger partial charge in [0.15, 0.2) is 0 Å². The standard InChI is InChI=1S/C10H15N3O2/c1-6(2)7-8(14)12-10-11-4-3-5-13(10)9(7)15/h6-7H,3-5H2,1-2H3,(H,11,12,14). The highest BCUT2D eigenvalue weighted by molar-refractivity contribution is 6.17. The van der Waals surface area contributed by atoms with E-state index in [0.717, 1.165) is 6.42 Å². The normalized spacial score (nSPS) is 26.2. The minimum absolute atomic E-state index is 0.0287. The molecule has 1 saturated heterocycles. The van der Waals surface area contributed by atoms with Crippen molar-refractivity contribution in [3.8, 4) is 0 Å². The van der Waals surface area contributed by atoms with Crippen molar-refractivity contribution in [2.75, 3.05) is 13.1 Å². The van der Waals surface area contributed by atoms with Crippen LogP contribution < -0.4 is 5.32 Å². The van der Waals surface area contributed by atoms with Crippen LogP contribution in [0.5, 0.6) is 0 Å². The minimum Gasteiger partial charge on any atom is -0.295 e. The van der Waals surface area contributed by atoms with Crippen LogP contribution in [0.25, 0.3) is 0 Å². The van der Waals surface area contributed by atoms with Gasteiger partial charge in [0.1, 0.15) is 5.92 Å². The number of guanidine groups is 1. The topological polar surface area (TPSA) is 61.8 Å². The molecule has 5 heteroatoms. The smallest absolute Gasteiger partial charge is 0.242 e. The van der Waals surface area contributed by atoms with E-state index >= 15 is 0 Å². The second-order valence-corrected chi connectivity index (χ2v) is 4.26. The summed E-state index contributed by atoms with van der Waals surface area (Å²) in [5.41, 5.74) is 0. The quantitative estimate of drug-likeness (QED) is 0.617. The maximum atomic E-state index is 12.0. The second kappa shape index (κ2) is 3.64. The van der Waals surface area contributed by atoms with Gasteiger partial charge in [-0.2, -0.15) is 0 Å². The molecule has 0 bridgehead atoms. The van der Waals surface area contributed by atoms with Crippen LogP contribution in [0.1, 0.15) is 20.3 Å². The van der Waals surface area contributed by atoms with Gasteiger partial charge in [0, 0.05) is 13.1 Å². The molecule has 2 rings (SSSR count). The zero-order valence-electron chi connectivity index (χ0n) is 8.99. The fraction of sp³-hybridized carbons (Fsp3) is 0.700. The zero-order chi connectivity index (χ0) is 11.0. The lowest BCUT2D eigenvalue weighted by molar-refractivity contribution is -0.143. The van der Waals surface area contributed by atoms with Gasteiger partial charge in [-0.1, -0.05) is 13.8 Å². The number of hydrogen-bond donors (Lipinski definition) is 1. The third-order valence-corrected chi connectivity index (χ3v) is 2.77. The van der Waals surface area contributed by atoms with Crippen LogP contribution in [0, 0.1) is 11.8 Å². The zero-order valence-corrected chi connectivity index (χ0v) is 8.99. The van der Waals surface area contributed by atoms with Gasteiger partial charge >= 0.3 is 0 Å². The fourth-order valence-electron chi connectivity index (χ4n) is 1.98. The van der Waals surface area contributed by atoms with Gasteiger partial charge in [0.25, 0.3) is 0 Å². The molecule has 2 heterocycles. The number of fused-ring (bicyclic) bond motifs is 1. The fourth-order valence-corrected chi connectivity index (χ4v) is 1.98. The summed E-state index contributed by atoms with van der Waals surface area (Å²) in [7, 11) is 0. The molecule has 0 radical (unpaired) electrons. The van der Waals surface area contributed by atoms with Crippen molar-refractivity contribution >= 4 is 17.8 Å². The van der Waals surface area contributed by atoms with Gasteiger partial charge in [0.2, 0.25) is 17.8 Å². The summed E-state index contributed by atoms with van der Waals surface area (Å²) in [6, 6.07) is 0. The lowest BCUT2D eigenvalue weighted by Crippen LogP contribution is -2.61. The van der Waals surface area contributed by atoms with E-state index in [1.165, 1.54) is 0 Å². The Hall–Kier alpha value is -1.39. The predicted molar refractivity (Wildman–Crippen MR) is 55.1 cm³/mol. The number of carbonyl (C=O) groups excluding carboxylic acids is 2. The van der Waals surface area contributed by atoms with Crippen molar-refractivity contribution < 1.29 is 9.59 Å². The van der Waals surface area contributed by atoms with E-state index in [0.29, 0.717) is 19.0 Å². The van der Waals surface area contributed by atoms with Crippen LogP contribution in [-0.2, 0) is 9.59 Å². The maximum absolute atomic E-state index is 12.0. The minimum atomic E-state index is -0.554. The van der Waals surface area contributed by atoms with E-state index < -0.39 is 5.92 Å². The molecule has 1 fully saturated rings. The van der Waals surface area contributed by atoms with E-state index in [2.05, 4.69) is 10.3 Å². The molecule has 2 amide bonds. The molecule has 15 heavy (non-hydrogen) atoms. The summed E-state index contributed by atoms with van der Waals surface area (Å²) in [6.07, 6.45) is 0.871. The first kappa shape index (κ1) is 10.1. The van der Waals surface area contributed by atoms with E-state index in [4.69, 9.17) is 0 Å². The van der Waals surface area contributed by atoms with Crippen molar-refractivity contribution in [3.05, 3.63) is 0 Å². The lowest BCUT2D eigenvalue weighted by atomic mass is 9.92. The van der Waals surface area contributed by atoms with Gasteiger partial charge < -0.3 is 0 Å². The Bertz CT molecular complexity index is 336. The van der Waals surface area contributed by atoms with E-state index in [9.17, 15) is 9.59 Å². The van der Waals surface area contributed by atoms with Crippen molar-refractivity contribution in [2.24, 2.45) is 16.8 Å². The Morgan fingerprint density at radius 2 is 2.20 bits per heavy atom. The highest BCUT2D eigenvalue weighted by atomic mass is 16.2.